The Morgan fingerprint density at radius 2 is 1.72 bits per heavy atom. The van der Waals surface area contributed by atoms with E-state index in [-0.39, 0.29) is 17.2 Å². The number of phenols is 2. The first-order chi connectivity index (χ1) is 8.77. The van der Waals surface area contributed by atoms with E-state index in [4.69, 9.17) is 9.47 Å². The summed E-state index contributed by atoms with van der Waals surface area (Å²) in [6.07, 6.45) is 0. The van der Waals surface area contributed by atoms with Crippen molar-refractivity contribution in [2.45, 2.75) is 0 Å². The molecule has 0 saturated carbocycles. The second kappa shape index (κ2) is 4.45. The zero-order chi connectivity index (χ0) is 12.5. The van der Waals surface area contributed by atoms with E-state index >= 15 is 0 Å². The summed E-state index contributed by atoms with van der Waals surface area (Å²) in [5.74, 6) is 0.351. The molecule has 0 bridgehead atoms. The van der Waals surface area contributed by atoms with Gasteiger partial charge in [0.15, 0.2) is 11.5 Å². The van der Waals surface area contributed by atoms with Gasteiger partial charge in [-0.25, -0.2) is 0 Å². The molecule has 1 saturated heterocycles. The molecular formula is C12H16N2O4. The summed E-state index contributed by atoms with van der Waals surface area (Å²) in [4.78, 5) is 2.11. The summed E-state index contributed by atoms with van der Waals surface area (Å²) in [6.45, 7) is 4.27. The number of anilines is 1. The summed E-state index contributed by atoms with van der Waals surface area (Å²) in [7, 11) is 0. The maximum atomic E-state index is 9.78. The summed E-state index contributed by atoms with van der Waals surface area (Å²) < 4.78 is 11.0. The number of ether oxygens (including phenoxy) is 2. The SMILES string of the molecule is Oc1cc(N2CCNCC2)c2c(c1O)OCCO2. The lowest BCUT2D eigenvalue weighted by Crippen LogP contribution is -2.43. The van der Waals surface area contributed by atoms with E-state index in [2.05, 4.69) is 10.2 Å². The quantitative estimate of drug-likeness (QED) is 0.623. The van der Waals surface area contributed by atoms with Crippen molar-refractivity contribution in [1.82, 2.24) is 5.32 Å². The molecule has 2 aliphatic rings. The van der Waals surface area contributed by atoms with Crippen LogP contribution < -0.4 is 19.7 Å². The highest BCUT2D eigenvalue weighted by atomic mass is 16.6. The van der Waals surface area contributed by atoms with Gasteiger partial charge in [-0.15, -0.1) is 0 Å². The van der Waals surface area contributed by atoms with Gasteiger partial charge in [0.25, 0.3) is 0 Å². The van der Waals surface area contributed by atoms with Crippen LogP contribution in [-0.2, 0) is 0 Å². The van der Waals surface area contributed by atoms with Crippen molar-refractivity contribution in [1.29, 1.82) is 0 Å². The fraction of sp³-hybridized carbons (Fsp3) is 0.500. The van der Waals surface area contributed by atoms with Crippen LogP contribution >= 0.6 is 0 Å². The van der Waals surface area contributed by atoms with Gasteiger partial charge in [-0.2, -0.15) is 0 Å². The van der Waals surface area contributed by atoms with Crippen LogP contribution in [0.25, 0.3) is 0 Å². The molecule has 2 aliphatic heterocycles. The smallest absolute Gasteiger partial charge is 0.209 e. The number of fused-ring (bicyclic) bond motifs is 1. The molecule has 6 nitrogen and oxygen atoms in total. The number of nitrogens with zero attached hydrogens (tertiary/aromatic N) is 1. The van der Waals surface area contributed by atoms with E-state index in [1.807, 2.05) is 0 Å². The normalized spacial score (nSPS) is 18.8. The average Bonchev–Trinajstić information content (AvgIpc) is 2.44. The van der Waals surface area contributed by atoms with Crippen molar-refractivity contribution in [3.63, 3.8) is 0 Å². The highest BCUT2D eigenvalue weighted by Gasteiger charge is 2.26. The van der Waals surface area contributed by atoms with Crippen LogP contribution in [0.3, 0.4) is 0 Å². The van der Waals surface area contributed by atoms with Gasteiger partial charge in [-0.3, -0.25) is 0 Å². The Kier molecular flexibility index (Phi) is 2.79. The lowest BCUT2D eigenvalue weighted by molar-refractivity contribution is 0.164. The summed E-state index contributed by atoms with van der Waals surface area (Å²) in [6, 6.07) is 1.54. The van der Waals surface area contributed by atoms with Crippen LogP contribution in [0.15, 0.2) is 6.07 Å². The third-order valence-corrected chi connectivity index (χ3v) is 3.20. The minimum atomic E-state index is -0.247. The Morgan fingerprint density at radius 3 is 2.44 bits per heavy atom. The Labute approximate surface area is 105 Å². The van der Waals surface area contributed by atoms with E-state index < -0.39 is 0 Å². The van der Waals surface area contributed by atoms with Crippen LogP contribution in [-0.4, -0.2) is 49.6 Å². The Balaban J connectivity index is 2.05. The molecule has 0 unspecified atom stereocenters. The van der Waals surface area contributed by atoms with Crippen molar-refractivity contribution in [3.05, 3.63) is 6.07 Å². The van der Waals surface area contributed by atoms with E-state index in [0.29, 0.717) is 19.0 Å². The molecule has 0 radical (unpaired) electrons. The van der Waals surface area contributed by atoms with Gasteiger partial charge in [0.05, 0.1) is 5.69 Å². The minimum Gasteiger partial charge on any atom is -0.504 e. The molecular weight excluding hydrogens is 236 g/mol. The third-order valence-electron chi connectivity index (χ3n) is 3.20. The lowest BCUT2D eigenvalue weighted by Gasteiger charge is -2.32. The Bertz CT molecular complexity index is 458. The van der Waals surface area contributed by atoms with E-state index in [1.165, 1.54) is 6.07 Å². The number of hydrogen-bond donors (Lipinski definition) is 3. The molecule has 3 N–H and O–H groups in total. The number of phenolic OH excluding ortho intramolecular Hbond substituents is 2. The third kappa shape index (κ3) is 1.78. The van der Waals surface area contributed by atoms with Gasteiger partial charge in [0.1, 0.15) is 13.2 Å². The molecule has 18 heavy (non-hydrogen) atoms. The summed E-state index contributed by atoms with van der Waals surface area (Å²) in [5.41, 5.74) is 0.779. The van der Waals surface area contributed by atoms with Gasteiger partial charge in [0, 0.05) is 32.2 Å². The molecule has 1 fully saturated rings. The van der Waals surface area contributed by atoms with Crippen molar-refractivity contribution in [2.75, 3.05) is 44.3 Å². The van der Waals surface area contributed by atoms with Crippen molar-refractivity contribution >= 4 is 5.69 Å². The number of benzene rings is 1. The van der Waals surface area contributed by atoms with Crippen LogP contribution in [0.1, 0.15) is 0 Å². The van der Waals surface area contributed by atoms with Gasteiger partial charge in [-0.05, 0) is 0 Å². The molecule has 1 aromatic rings. The highest BCUT2D eigenvalue weighted by Crippen LogP contribution is 2.50. The Morgan fingerprint density at radius 1 is 1.06 bits per heavy atom. The largest absolute Gasteiger partial charge is 0.504 e. The van der Waals surface area contributed by atoms with Crippen molar-refractivity contribution in [2.24, 2.45) is 0 Å². The number of piperazine rings is 1. The molecule has 0 atom stereocenters. The number of rotatable bonds is 1. The molecule has 98 valence electrons. The fourth-order valence-corrected chi connectivity index (χ4v) is 2.31. The van der Waals surface area contributed by atoms with Crippen LogP contribution in [0.5, 0.6) is 23.0 Å². The van der Waals surface area contributed by atoms with Crippen molar-refractivity contribution < 1.29 is 19.7 Å². The number of hydrogen-bond acceptors (Lipinski definition) is 6. The summed E-state index contributed by atoms with van der Waals surface area (Å²) >= 11 is 0. The zero-order valence-corrected chi connectivity index (χ0v) is 9.98. The van der Waals surface area contributed by atoms with Gasteiger partial charge in [-0.1, -0.05) is 0 Å². The number of nitrogens with one attached hydrogen (secondary N) is 1. The van der Waals surface area contributed by atoms with Crippen LogP contribution in [0.2, 0.25) is 0 Å². The lowest BCUT2D eigenvalue weighted by atomic mass is 10.2. The van der Waals surface area contributed by atoms with Gasteiger partial charge < -0.3 is 29.9 Å². The van der Waals surface area contributed by atoms with Gasteiger partial charge in [0.2, 0.25) is 11.5 Å². The summed E-state index contributed by atoms with van der Waals surface area (Å²) in [5, 5.41) is 22.8. The number of aromatic hydroxyl groups is 2. The maximum Gasteiger partial charge on any atom is 0.209 e. The standard InChI is InChI=1S/C12H16N2O4/c15-9-7-8(14-3-1-13-2-4-14)11-12(10(9)16)18-6-5-17-11/h7,13,15-16H,1-6H2. The molecule has 0 aliphatic carbocycles. The zero-order valence-electron chi connectivity index (χ0n) is 9.98. The fourth-order valence-electron chi connectivity index (χ4n) is 2.31. The molecule has 3 rings (SSSR count). The van der Waals surface area contributed by atoms with E-state index in [9.17, 15) is 10.2 Å². The predicted octanol–water partition coefficient (Wildman–Crippen LogP) is 0.279. The molecule has 1 aromatic carbocycles. The first kappa shape index (κ1) is 11.3. The second-order valence-corrected chi connectivity index (χ2v) is 4.36. The monoisotopic (exact) mass is 252 g/mol. The van der Waals surface area contributed by atoms with Gasteiger partial charge >= 0.3 is 0 Å². The van der Waals surface area contributed by atoms with Crippen LogP contribution in [0.4, 0.5) is 5.69 Å². The average molecular weight is 252 g/mol. The molecule has 0 amide bonds. The topological polar surface area (TPSA) is 74.2 Å². The maximum absolute atomic E-state index is 9.78. The molecule has 2 heterocycles. The van der Waals surface area contributed by atoms with E-state index in [0.717, 1.165) is 31.9 Å². The second-order valence-electron chi connectivity index (χ2n) is 4.36. The Hall–Kier alpha value is -1.82. The first-order valence-corrected chi connectivity index (χ1v) is 6.07. The molecule has 0 aromatic heterocycles. The minimum absolute atomic E-state index is 0.173. The first-order valence-electron chi connectivity index (χ1n) is 6.07. The molecule has 0 spiro atoms. The van der Waals surface area contributed by atoms with E-state index in [1.54, 1.807) is 0 Å². The molecule has 6 heteroatoms. The predicted molar refractivity (Wildman–Crippen MR) is 65.8 cm³/mol. The van der Waals surface area contributed by atoms with Crippen molar-refractivity contribution in [3.8, 4) is 23.0 Å². The highest BCUT2D eigenvalue weighted by molar-refractivity contribution is 5.73. The van der Waals surface area contributed by atoms with Crippen LogP contribution in [0, 0.1) is 0 Å².